The molecule has 1 aliphatic rings. The molecule has 1 saturated heterocycles. The molecule has 0 bridgehead atoms. The molecule has 0 aromatic rings. The van der Waals surface area contributed by atoms with E-state index in [9.17, 15) is 9.59 Å². The second-order valence-electron chi connectivity index (χ2n) is 3.39. The van der Waals surface area contributed by atoms with Gasteiger partial charge in [0.25, 0.3) is 0 Å². The average Bonchev–Trinajstić information content (AvgIpc) is 2.67. The van der Waals surface area contributed by atoms with Crippen molar-refractivity contribution in [2.45, 2.75) is 32.6 Å². The highest BCUT2D eigenvalue weighted by atomic mass is 16.5. The van der Waals surface area contributed by atoms with Crippen molar-refractivity contribution in [2.24, 2.45) is 0 Å². The number of nitrogens with zero attached hydrogens (tertiary/aromatic N) is 1. The van der Waals surface area contributed by atoms with Gasteiger partial charge in [0.2, 0.25) is 5.91 Å². The van der Waals surface area contributed by atoms with E-state index < -0.39 is 0 Å². The first-order chi connectivity index (χ1) is 6.74. The maximum absolute atomic E-state index is 11.5. The van der Waals surface area contributed by atoms with E-state index in [4.69, 9.17) is 4.74 Å². The molecule has 0 atom stereocenters. The van der Waals surface area contributed by atoms with Gasteiger partial charge >= 0.3 is 5.97 Å². The fraction of sp³-hybridized carbons (Fsp3) is 0.800. The average molecular weight is 199 g/mol. The van der Waals surface area contributed by atoms with E-state index in [2.05, 4.69) is 0 Å². The minimum Gasteiger partial charge on any atom is -0.466 e. The molecular formula is C10H17NO3. The third kappa shape index (κ3) is 3.36. The van der Waals surface area contributed by atoms with Gasteiger partial charge < -0.3 is 9.64 Å². The van der Waals surface area contributed by atoms with Crippen LogP contribution in [0.5, 0.6) is 0 Å². The van der Waals surface area contributed by atoms with E-state index in [-0.39, 0.29) is 18.3 Å². The van der Waals surface area contributed by atoms with Gasteiger partial charge in [-0.15, -0.1) is 0 Å². The normalized spacial score (nSPS) is 15.6. The molecule has 0 radical (unpaired) electrons. The van der Waals surface area contributed by atoms with Crippen LogP contribution in [-0.4, -0.2) is 36.5 Å². The summed E-state index contributed by atoms with van der Waals surface area (Å²) >= 11 is 0. The molecule has 0 spiro atoms. The summed E-state index contributed by atoms with van der Waals surface area (Å²) in [5.41, 5.74) is 0. The molecule has 1 aliphatic heterocycles. The minimum atomic E-state index is -0.278. The van der Waals surface area contributed by atoms with Crippen LogP contribution in [0.1, 0.15) is 32.6 Å². The van der Waals surface area contributed by atoms with Crippen LogP contribution < -0.4 is 0 Å². The topological polar surface area (TPSA) is 46.6 Å². The fourth-order valence-corrected chi connectivity index (χ4v) is 1.57. The lowest BCUT2D eigenvalue weighted by Crippen LogP contribution is -2.28. The van der Waals surface area contributed by atoms with Crippen molar-refractivity contribution in [1.82, 2.24) is 4.90 Å². The quantitative estimate of drug-likeness (QED) is 0.633. The van der Waals surface area contributed by atoms with E-state index in [0.29, 0.717) is 13.0 Å². The Hall–Kier alpha value is -1.06. The van der Waals surface area contributed by atoms with E-state index in [1.807, 2.05) is 4.90 Å². The summed E-state index contributed by atoms with van der Waals surface area (Å²) in [5, 5.41) is 0. The number of amides is 1. The van der Waals surface area contributed by atoms with Crippen LogP contribution in [-0.2, 0) is 14.3 Å². The second kappa shape index (κ2) is 5.62. The molecule has 1 fully saturated rings. The molecule has 0 unspecified atom stereocenters. The number of likely N-dealkylation sites (tertiary alicyclic amines) is 1. The summed E-state index contributed by atoms with van der Waals surface area (Å²) in [6, 6.07) is 0. The lowest BCUT2D eigenvalue weighted by atomic mass is 10.3. The molecule has 4 heteroatoms. The van der Waals surface area contributed by atoms with Crippen molar-refractivity contribution in [2.75, 3.05) is 19.7 Å². The summed E-state index contributed by atoms with van der Waals surface area (Å²) in [5.74, 6) is -0.199. The van der Waals surface area contributed by atoms with Crippen LogP contribution >= 0.6 is 0 Å². The Morgan fingerprint density at radius 3 is 2.43 bits per heavy atom. The van der Waals surface area contributed by atoms with Crippen molar-refractivity contribution < 1.29 is 14.3 Å². The van der Waals surface area contributed by atoms with Gasteiger partial charge in [0.15, 0.2) is 0 Å². The number of esters is 1. The predicted molar refractivity (Wildman–Crippen MR) is 51.7 cm³/mol. The fourth-order valence-electron chi connectivity index (χ4n) is 1.57. The van der Waals surface area contributed by atoms with E-state index in [1.54, 1.807) is 6.92 Å². The lowest BCUT2D eigenvalue weighted by molar-refractivity contribution is -0.145. The standard InChI is InChI=1S/C10H17NO3/c1-2-14-10(13)6-5-9(12)11-7-3-4-8-11/h2-8H2,1H3. The van der Waals surface area contributed by atoms with Crippen molar-refractivity contribution >= 4 is 11.9 Å². The monoisotopic (exact) mass is 199 g/mol. The van der Waals surface area contributed by atoms with E-state index >= 15 is 0 Å². The maximum atomic E-state index is 11.5. The number of carbonyl (C=O) groups excluding carboxylic acids is 2. The van der Waals surface area contributed by atoms with Gasteiger partial charge in [-0.1, -0.05) is 0 Å². The predicted octanol–water partition coefficient (Wildman–Crippen LogP) is 0.952. The van der Waals surface area contributed by atoms with Crippen LogP contribution in [0.2, 0.25) is 0 Å². The summed E-state index contributed by atoms with van der Waals surface area (Å²) in [4.78, 5) is 24.3. The molecule has 0 aromatic carbocycles. The number of carbonyl (C=O) groups is 2. The van der Waals surface area contributed by atoms with Gasteiger partial charge in [-0.25, -0.2) is 0 Å². The molecule has 0 saturated carbocycles. The SMILES string of the molecule is CCOC(=O)CCC(=O)N1CCCC1. The molecule has 80 valence electrons. The van der Waals surface area contributed by atoms with Crippen LogP contribution in [0.15, 0.2) is 0 Å². The number of rotatable bonds is 4. The molecule has 0 aromatic heterocycles. The molecule has 1 amide bonds. The summed E-state index contributed by atoms with van der Waals surface area (Å²) < 4.78 is 4.75. The van der Waals surface area contributed by atoms with Gasteiger partial charge in [0.05, 0.1) is 13.0 Å². The van der Waals surface area contributed by atoms with Crippen molar-refractivity contribution in [3.8, 4) is 0 Å². The highest BCUT2D eigenvalue weighted by molar-refractivity contribution is 5.81. The molecule has 4 nitrogen and oxygen atoms in total. The minimum absolute atomic E-state index is 0.0792. The Morgan fingerprint density at radius 1 is 1.21 bits per heavy atom. The lowest BCUT2D eigenvalue weighted by Gasteiger charge is -2.14. The zero-order valence-corrected chi connectivity index (χ0v) is 8.62. The number of hydrogen-bond donors (Lipinski definition) is 0. The summed E-state index contributed by atoms with van der Waals surface area (Å²) in [6.07, 6.45) is 2.68. The Labute approximate surface area is 84.2 Å². The van der Waals surface area contributed by atoms with Crippen LogP contribution in [0.4, 0.5) is 0 Å². The van der Waals surface area contributed by atoms with E-state index in [0.717, 1.165) is 25.9 Å². The third-order valence-electron chi connectivity index (χ3n) is 2.31. The Balaban J connectivity index is 2.17. The van der Waals surface area contributed by atoms with Crippen molar-refractivity contribution in [1.29, 1.82) is 0 Å². The zero-order valence-electron chi connectivity index (χ0n) is 8.62. The second-order valence-corrected chi connectivity index (χ2v) is 3.39. The van der Waals surface area contributed by atoms with Gasteiger partial charge in [0.1, 0.15) is 0 Å². The number of hydrogen-bond acceptors (Lipinski definition) is 3. The van der Waals surface area contributed by atoms with Gasteiger partial charge in [-0.3, -0.25) is 9.59 Å². The molecule has 1 heterocycles. The van der Waals surface area contributed by atoms with E-state index in [1.165, 1.54) is 0 Å². The Kier molecular flexibility index (Phi) is 4.43. The maximum Gasteiger partial charge on any atom is 0.306 e. The summed E-state index contributed by atoms with van der Waals surface area (Å²) in [6.45, 7) is 3.85. The van der Waals surface area contributed by atoms with Crippen LogP contribution in [0.25, 0.3) is 0 Å². The highest BCUT2D eigenvalue weighted by Crippen LogP contribution is 2.09. The molecular weight excluding hydrogens is 182 g/mol. The van der Waals surface area contributed by atoms with Crippen LogP contribution in [0, 0.1) is 0 Å². The first-order valence-corrected chi connectivity index (χ1v) is 5.17. The zero-order chi connectivity index (χ0) is 10.4. The van der Waals surface area contributed by atoms with Crippen molar-refractivity contribution in [3.63, 3.8) is 0 Å². The Morgan fingerprint density at radius 2 is 1.86 bits per heavy atom. The third-order valence-corrected chi connectivity index (χ3v) is 2.31. The first kappa shape index (κ1) is 11.0. The number of ether oxygens (including phenoxy) is 1. The molecule has 0 aliphatic carbocycles. The molecule has 0 N–H and O–H groups in total. The van der Waals surface area contributed by atoms with Gasteiger partial charge in [-0.2, -0.15) is 0 Å². The largest absolute Gasteiger partial charge is 0.466 e. The Bertz CT molecular complexity index is 209. The van der Waals surface area contributed by atoms with Gasteiger partial charge in [0, 0.05) is 19.5 Å². The van der Waals surface area contributed by atoms with Crippen LogP contribution in [0.3, 0.4) is 0 Å². The first-order valence-electron chi connectivity index (χ1n) is 5.17. The van der Waals surface area contributed by atoms with Crippen molar-refractivity contribution in [3.05, 3.63) is 0 Å². The highest BCUT2D eigenvalue weighted by Gasteiger charge is 2.18. The van der Waals surface area contributed by atoms with Gasteiger partial charge in [-0.05, 0) is 19.8 Å². The summed E-state index contributed by atoms with van der Waals surface area (Å²) in [7, 11) is 0. The smallest absolute Gasteiger partial charge is 0.306 e. The molecule has 14 heavy (non-hydrogen) atoms. The molecule has 1 rings (SSSR count).